The molecule has 0 saturated heterocycles. The number of rotatable bonds is 5. The normalized spacial score (nSPS) is 10.4. The number of aryl methyl sites for hydroxylation is 1. The molecule has 2 aromatic heterocycles. The van der Waals surface area contributed by atoms with Crippen molar-refractivity contribution >= 4 is 44.3 Å². The average Bonchev–Trinajstić information content (AvgIpc) is 2.96. The predicted molar refractivity (Wildman–Crippen MR) is 81.3 cm³/mol. The van der Waals surface area contributed by atoms with Crippen LogP contribution in [-0.2, 0) is 23.0 Å². The van der Waals surface area contributed by atoms with Gasteiger partial charge in [0.25, 0.3) is 5.91 Å². The first-order valence-corrected chi connectivity index (χ1v) is 7.77. The molecule has 2 rings (SSSR count). The minimum absolute atomic E-state index is 0.0908. The summed E-state index contributed by atoms with van der Waals surface area (Å²) < 4.78 is 6.98. The molecule has 7 nitrogen and oxygen atoms in total. The van der Waals surface area contributed by atoms with Crippen molar-refractivity contribution in [3.05, 3.63) is 27.4 Å². The zero-order valence-corrected chi connectivity index (χ0v) is 13.8. The van der Waals surface area contributed by atoms with E-state index in [1.807, 2.05) is 0 Å². The van der Waals surface area contributed by atoms with E-state index in [0.29, 0.717) is 21.9 Å². The number of carbonyl (C=O) groups is 2. The van der Waals surface area contributed by atoms with E-state index in [-0.39, 0.29) is 24.0 Å². The van der Waals surface area contributed by atoms with Crippen molar-refractivity contribution in [2.45, 2.75) is 13.3 Å². The van der Waals surface area contributed by atoms with Crippen molar-refractivity contribution in [3.63, 3.8) is 0 Å². The van der Waals surface area contributed by atoms with Gasteiger partial charge >= 0.3 is 5.97 Å². The number of thiazole rings is 1. The van der Waals surface area contributed by atoms with Crippen molar-refractivity contribution in [2.24, 2.45) is 7.05 Å². The fourth-order valence-electron chi connectivity index (χ4n) is 1.58. The van der Waals surface area contributed by atoms with E-state index in [4.69, 9.17) is 4.74 Å². The summed E-state index contributed by atoms with van der Waals surface area (Å²) in [6, 6.07) is 0. The van der Waals surface area contributed by atoms with Gasteiger partial charge in [-0.3, -0.25) is 19.6 Å². The zero-order valence-electron chi connectivity index (χ0n) is 11.4. The van der Waals surface area contributed by atoms with Gasteiger partial charge in [-0.05, 0) is 22.9 Å². The highest BCUT2D eigenvalue weighted by molar-refractivity contribution is 9.10. The van der Waals surface area contributed by atoms with Crippen LogP contribution < -0.4 is 5.32 Å². The maximum absolute atomic E-state index is 12.0. The molecule has 112 valence electrons. The molecule has 0 aliphatic rings. The number of nitrogens with one attached hydrogen (secondary N) is 1. The summed E-state index contributed by atoms with van der Waals surface area (Å²) in [6.07, 6.45) is 1.77. The van der Waals surface area contributed by atoms with Gasteiger partial charge < -0.3 is 4.74 Å². The summed E-state index contributed by atoms with van der Waals surface area (Å²) in [7, 11) is 1.72. The van der Waals surface area contributed by atoms with Crippen LogP contribution in [0.3, 0.4) is 0 Å². The zero-order chi connectivity index (χ0) is 15.4. The van der Waals surface area contributed by atoms with Crippen molar-refractivity contribution in [2.75, 3.05) is 11.9 Å². The lowest BCUT2D eigenvalue weighted by molar-refractivity contribution is -0.142. The van der Waals surface area contributed by atoms with Gasteiger partial charge in [0.1, 0.15) is 0 Å². The van der Waals surface area contributed by atoms with Crippen molar-refractivity contribution < 1.29 is 14.3 Å². The van der Waals surface area contributed by atoms with Crippen LogP contribution in [0.1, 0.15) is 23.1 Å². The molecule has 0 spiro atoms. The Hall–Kier alpha value is -1.74. The van der Waals surface area contributed by atoms with Gasteiger partial charge in [0.2, 0.25) is 0 Å². The number of anilines is 1. The van der Waals surface area contributed by atoms with E-state index in [0.717, 1.165) is 0 Å². The molecule has 0 aliphatic heterocycles. The molecule has 1 N–H and O–H groups in total. The number of hydrogen-bond donors (Lipinski definition) is 1. The van der Waals surface area contributed by atoms with Gasteiger partial charge in [-0.2, -0.15) is 5.10 Å². The first-order valence-electron chi connectivity index (χ1n) is 6.10. The average molecular weight is 373 g/mol. The lowest BCUT2D eigenvalue weighted by Crippen LogP contribution is -2.14. The van der Waals surface area contributed by atoms with E-state index >= 15 is 0 Å². The van der Waals surface area contributed by atoms with Gasteiger partial charge in [0, 0.05) is 18.6 Å². The topological polar surface area (TPSA) is 86.1 Å². The van der Waals surface area contributed by atoms with E-state index in [1.54, 1.807) is 25.5 Å². The largest absolute Gasteiger partial charge is 0.466 e. The van der Waals surface area contributed by atoms with Crippen LogP contribution in [0, 0.1) is 0 Å². The smallest absolute Gasteiger partial charge is 0.311 e. The highest BCUT2D eigenvalue weighted by atomic mass is 79.9. The first kappa shape index (κ1) is 15.6. The minimum Gasteiger partial charge on any atom is -0.466 e. The molecule has 0 radical (unpaired) electrons. The Morgan fingerprint density at radius 2 is 2.29 bits per heavy atom. The standard InChI is InChI=1S/C12H13BrN4O3S/c1-3-20-9(18)4-7-6-21-12(14-7)15-11(19)10-8(13)5-17(2)16-10/h5-6H,3-4H2,1-2H3,(H,14,15,19). The quantitative estimate of drug-likeness (QED) is 0.811. The molecule has 0 aliphatic carbocycles. The van der Waals surface area contributed by atoms with E-state index in [9.17, 15) is 9.59 Å². The van der Waals surface area contributed by atoms with E-state index in [2.05, 4.69) is 31.3 Å². The van der Waals surface area contributed by atoms with Crippen molar-refractivity contribution in [1.29, 1.82) is 0 Å². The second kappa shape index (κ2) is 6.81. The molecule has 21 heavy (non-hydrogen) atoms. The Labute approximate surface area is 133 Å². The summed E-state index contributed by atoms with van der Waals surface area (Å²) in [5, 5.41) is 8.82. The monoisotopic (exact) mass is 372 g/mol. The Bertz CT molecular complexity index is 667. The Balaban J connectivity index is 2.00. The number of ether oxygens (including phenoxy) is 1. The summed E-state index contributed by atoms with van der Waals surface area (Å²) in [6.45, 7) is 2.08. The van der Waals surface area contributed by atoms with E-state index in [1.165, 1.54) is 16.0 Å². The molecule has 0 aromatic carbocycles. The summed E-state index contributed by atoms with van der Waals surface area (Å²) in [5.41, 5.74) is 0.841. The number of esters is 1. The van der Waals surface area contributed by atoms with Crippen LogP contribution in [0.4, 0.5) is 5.13 Å². The van der Waals surface area contributed by atoms with Crippen LogP contribution in [0.2, 0.25) is 0 Å². The molecule has 0 saturated carbocycles. The summed E-state index contributed by atoms with van der Waals surface area (Å²) >= 11 is 4.51. The molecule has 1 amide bonds. The second-order valence-electron chi connectivity index (χ2n) is 4.08. The third-order valence-electron chi connectivity index (χ3n) is 2.40. The van der Waals surface area contributed by atoms with Crippen molar-refractivity contribution in [1.82, 2.24) is 14.8 Å². The minimum atomic E-state index is -0.362. The lowest BCUT2D eigenvalue weighted by Gasteiger charge is -1.99. The molecular formula is C12H13BrN4O3S. The van der Waals surface area contributed by atoms with E-state index < -0.39 is 0 Å². The molecule has 0 bridgehead atoms. The Morgan fingerprint density at radius 3 is 2.90 bits per heavy atom. The molecule has 0 fully saturated rings. The van der Waals surface area contributed by atoms with Gasteiger partial charge in [-0.25, -0.2) is 4.98 Å². The van der Waals surface area contributed by atoms with Gasteiger partial charge in [-0.15, -0.1) is 11.3 Å². The molecular weight excluding hydrogens is 360 g/mol. The van der Waals surface area contributed by atoms with Gasteiger partial charge in [-0.1, -0.05) is 0 Å². The predicted octanol–water partition coefficient (Wildman–Crippen LogP) is 2.00. The lowest BCUT2D eigenvalue weighted by atomic mass is 10.3. The van der Waals surface area contributed by atoms with Crippen LogP contribution in [-0.4, -0.2) is 33.2 Å². The molecule has 0 atom stereocenters. The Morgan fingerprint density at radius 1 is 1.52 bits per heavy atom. The molecule has 2 aromatic rings. The number of carbonyl (C=O) groups excluding carboxylic acids is 2. The van der Waals surface area contributed by atoms with Crippen LogP contribution in [0.5, 0.6) is 0 Å². The fraction of sp³-hybridized carbons (Fsp3) is 0.333. The highest BCUT2D eigenvalue weighted by Gasteiger charge is 2.16. The third-order valence-corrected chi connectivity index (χ3v) is 3.79. The number of nitrogens with zero attached hydrogens (tertiary/aromatic N) is 3. The maximum atomic E-state index is 12.0. The van der Waals surface area contributed by atoms with Crippen molar-refractivity contribution in [3.8, 4) is 0 Å². The fourth-order valence-corrected chi connectivity index (χ4v) is 2.84. The summed E-state index contributed by atoms with van der Waals surface area (Å²) in [4.78, 5) is 27.6. The SMILES string of the molecule is CCOC(=O)Cc1csc(NC(=O)c2nn(C)cc2Br)n1. The molecule has 9 heteroatoms. The molecule has 0 unspecified atom stereocenters. The Kier molecular flexibility index (Phi) is 5.07. The van der Waals surface area contributed by atoms with Gasteiger partial charge in [0.05, 0.1) is 23.2 Å². The highest BCUT2D eigenvalue weighted by Crippen LogP contribution is 2.19. The molecule has 2 heterocycles. The number of hydrogen-bond acceptors (Lipinski definition) is 6. The second-order valence-corrected chi connectivity index (χ2v) is 5.79. The summed E-state index contributed by atoms with van der Waals surface area (Å²) in [5.74, 6) is -0.701. The van der Waals surface area contributed by atoms with Crippen LogP contribution in [0.25, 0.3) is 0 Å². The number of halogens is 1. The maximum Gasteiger partial charge on any atom is 0.311 e. The van der Waals surface area contributed by atoms with Crippen LogP contribution in [0.15, 0.2) is 16.0 Å². The number of amides is 1. The van der Waals surface area contributed by atoms with Crippen LogP contribution >= 0.6 is 27.3 Å². The third kappa shape index (κ3) is 4.11. The van der Waals surface area contributed by atoms with Gasteiger partial charge in [0.15, 0.2) is 10.8 Å². The number of aromatic nitrogens is 3. The first-order chi connectivity index (χ1) is 9.99.